The summed E-state index contributed by atoms with van der Waals surface area (Å²) in [5.41, 5.74) is -1.01. The van der Waals surface area contributed by atoms with Crippen molar-refractivity contribution in [1.82, 2.24) is 0 Å². The van der Waals surface area contributed by atoms with Crippen molar-refractivity contribution in [2.45, 2.75) is 74.4 Å². The molecule has 0 bridgehead atoms. The zero-order valence-corrected chi connectivity index (χ0v) is 21.7. The first-order valence-corrected chi connectivity index (χ1v) is 11.1. The van der Waals surface area contributed by atoms with Gasteiger partial charge < -0.3 is 28.4 Å². The summed E-state index contributed by atoms with van der Waals surface area (Å²) in [5, 5.41) is 0. The van der Waals surface area contributed by atoms with Gasteiger partial charge in [0.2, 0.25) is 0 Å². The summed E-state index contributed by atoms with van der Waals surface area (Å²) in [6.07, 6.45) is -55.8. The van der Waals surface area contributed by atoms with E-state index in [4.69, 9.17) is 0 Å². The maximum absolute atomic E-state index is 13.1. The smallest absolute Gasteiger partial charge is 0.451 e. The highest BCUT2D eigenvalue weighted by molar-refractivity contribution is 5.87. The summed E-state index contributed by atoms with van der Waals surface area (Å²) in [7, 11) is 0. The van der Waals surface area contributed by atoms with Crippen LogP contribution in [0.25, 0.3) is 0 Å². The van der Waals surface area contributed by atoms with E-state index < -0.39 is 109 Å². The third kappa shape index (κ3) is 10.8. The number of carbonyl (C=O) groups is 6. The molecule has 0 amide bonds. The Labute approximate surface area is 246 Å². The van der Waals surface area contributed by atoms with Crippen LogP contribution in [0.4, 0.5) is 65.9 Å². The number of ether oxygens (including phenoxy) is 6. The quantitative estimate of drug-likeness (QED) is 0.164. The van der Waals surface area contributed by atoms with E-state index in [1.54, 1.807) is 0 Å². The fourth-order valence-corrected chi connectivity index (χ4v) is 3.10. The van der Waals surface area contributed by atoms with Gasteiger partial charge in [0.05, 0.1) is 0 Å². The number of alkyl halides is 15. The number of hydrogen-bond donors (Lipinski definition) is 0. The van der Waals surface area contributed by atoms with Gasteiger partial charge in [0.25, 0.3) is 0 Å². The van der Waals surface area contributed by atoms with Gasteiger partial charge in [-0.15, -0.1) is 0 Å². The van der Waals surface area contributed by atoms with E-state index in [1.165, 1.54) is 0 Å². The van der Waals surface area contributed by atoms with Crippen molar-refractivity contribution in [1.29, 1.82) is 0 Å². The molecule has 1 saturated carbocycles. The first-order chi connectivity index (χ1) is 20.8. The van der Waals surface area contributed by atoms with Crippen LogP contribution >= 0.6 is 0 Å². The molecule has 0 aromatic carbocycles. The Morgan fingerprint density at radius 2 is 0.532 bits per heavy atom. The topological polar surface area (TPSA) is 158 Å². The van der Waals surface area contributed by atoms with Gasteiger partial charge in [0.1, 0.15) is 0 Å². The summed E-state index contributed by atoms with van der Waals surface area (Å²) in [4.78, 5) is 70.2. The van der Waals surface area contributed by atoms with E-state index in [-0.39, 0.29) is 0 Å². The average Bonchev–Trinajstić information content (AvgIpc) is 2.86. The molecule has 0 radical (unpaired) electrons. The number of carbonyl (C=O) groups excluding carboxylic acids is 6. The van der Waals surface area contributed by atoms with Crippen molar-refractivity contribution >= 4 is 35.8 Å². The molecule has 4 atom stereocenters. The van der Waals surface area contributed by atoms with Gasteiger partial charge in [-0.3, -0.25) is 0 Å². The maximum Gasteiger partial charge on any atom is 0.490 e. The molecule has 0 heterocycles. The minimum atomic E-state index is -6.42. The highest BCUT2D eigenvalue weighted by atomic mass is 19.4. The lowest BCUT2D eigenvalue weighted by Crippen LogP contribution is -2.70. The van der Waals surface area contributed by atoms with Crippen LogP contribution in [0.2, 0.25) is 0 Å². The zero-order chi connectivity index (χ0) is 37.2. The Bertz CT molecular complexity index is 1190. The van der Waals surface area contributed by atoms with E-state index >= 15 is 0 Å². The number of hydrogen-bond acceptors (Lipinski definition) is 12. The summed E-state index contributed by atoms with van der Waals surface area (Å²) < 4.78 is 218. The molecule has 0 aromatic rings. The summed E-state index contributed by atoms with van der Waals surface area (Å²) in [6, 6.07) is 0. The van der Waals surface area contributed by atoms with Crippen molar-refractivity contribution in [3.63, 3.8) is 0 Å². The molecule has 1 fully saturated rings. The molecule has 0 spiro atoms. The Balaban J connectivity index is 4.32. The van der Waals surface area contributed by atoms with Crippen LogP contribution in [0.5, 0.6) is 0 Å². The maximum atomic E-state index is 13.1. The normalized spacial score (nSPS) is 23.9. The van der Waals surface area contributed by atoms with Crippen molar-refractivity contribution in [3.05, 3.63) is 12.2 Å². The first-order valence-electron chi connectivity index (χ1n) is 11.1. The van der Waals surface area contributed by atoms with E-state index in [0.717, 1.165) is 0 Å². The van der Waals surface area contributed by atoms with Crippen LogP contribution in [0, 0.1) is 0 Å². The zero-order valence-electron chi connectivity index (χ0n) is 21.7. The Morgan fingerprint density at radius 3 is 0.660 bits per heavy atom. The molecule has 1 rings (SSSR count). The molecule has 268 valence electrons. The van der Waals surface area contributed by atoms with Crippen LogP contribution in [-0.2, 0) is 57.2 Å². The highest BCUT2D eigenvalue weighted by Crippen LogP contribution is 2.39. The van der Waals surface area contributed by atoms with Gasteiger partial charge in [-0.2, -0.15) is 65.9 Å². The standard InChI is InChI=1S/C20H11F15O12/c1-3(2)10(36)42-4-5(43-11(37)16(21,22)23)7(45-13(39)18(27,28)29)9(47-15(41)20(33,34)35)8(46-14(40)19(30,31)32)6(4)44-12(38)17(24,25)26/h4-9H,1H2,2H3. The Hall–Kier alpha value is -4.49. The van der Waals surface area contributed by atoms with E-state index in [0.29, 0.717) is 6.92 Å². The second-order valence-corrected chi connectivity index (χ2v) is 8.49. The van der Waals surface area contributed by atoms with Crippen molar-refractivity contribution in [2.75, 3.05) is 0 Å². The lowest BCUT2D eigenvalue weighted by molar-refractivity contribution is -0.289. The molecule has 0 saturated heterocycles. The number of esters is 6. The predicted octanol–water partition coefficient (Wildman–Crippen LogP) is 2.86. The van der Waals surface area contributed by atoms with Crippen LogP contribution in [0.15, 0.2) is 12.2 Å². The largest absolute Gasteiger partial charge is 0.490 e. The summed E-state index contributed by atoms with van der Waals surface area (Å²) in [6.45, 7) is 3.43. The van der Waals surface area contributed by atoms with Crippen molar-refractivity contribution < 1.29 is 123 Å². The fraction of sp³-hybridized carbons (Fsp3) is 0.600. The van der Waals surface area contributed by atoms with Crippen LogP contribution in [-0.4, -0.2) is 103 Å². The third-order valence-electron chi connectivity index (χ3n) is 4.91. The number of rotatable bonds is 7. The van der Waals surface area contributed by atoms with Gasteiger partial charge >= 0.3 is 66.7 Å². The predicted molar refractivity (Wildman–Crippen MR) is 104 cm³/mol. The van der Waals surface area contributed by atoms with Gasteiger partial charge in [-0.05, 0) is 6.92 Å². The van der Waals surface area contributed by atoms with Gasteiger partial charge in [0, 0.05) is 5.57 Å². The lowest BCUT2D eigenvalue weighted by atomic mass is 9.83. The third-order valence-corrected chi connectivity index (χ3v) is 4.91. The van der Waals surface area contributed by atoms with Gasteiger partial charge in [-0.25, -0.2) is 28.8 Å². The minimum absolute atomic E-state index is 0.592. The van der Waals surface area contributed by atoms with E-state index in [1.807, 2.05) is 0 Å². The Kier molecular flexibility index (Phi) is 11.8. The SMILES string of the molecule is C=C(C)C(=O)OC1C(OC(=O)C(F)(F)F)C(OC(=O)C(F)(F)F)C(OC(=O)C(F)(F)F)C(OC(=O)C(F)(F)F)C1OC(=O)C(F)(F)F. The molecule has 0 N–H and O–H groups in total. The Morgan fingerprint density at radius 1 is 0.383 bits per heavy atom. The van der Waals surface area contributed by atoms with Crippen LogP contribution < -0.4 is 0 Å². The van der Waals surface area contributed by atoms with Crippen LogP contribution in [0.1, 0.15) is 6.92 Å². The molecule has 0 aliphatic heterocycles. The fourth-order valence-electron chi connectivity index (χ4n) is 3.10. The second kappa shape index (κ2) is 13.7. The van der Waals surface area contributed by atoms with E-state index in [9.17, 15) is 94.6 Å². The summed E-state index contributed by atoms with van der Waals surface area (Å²) >= 11 is 0. The van der Waals surface area contributed by atoms with Crippen molar-refractivity contribution in [3.8, 4) is 0 Å². The average molecular weight is 728 g/mol. The molecule has 0 aromatic heterocycles. The molecule has 1 aliphatic rings. The first kappa shape index (κ1) is 40.5. The monoisotopic (exact) mass is 728 g/mol. The molecular weight excluding hydrogens is 717 g/mol. The second-order valence-electron chi connectivity index (χ2n) is 8.49. The highest BCUT2D eigenvalue weighted by Gasteiger charge is 2.66. The lowest BCUT2D eigenvalue weighted by Gasteiger charge is -2.47. The molecule has 4 unspecified atom stereocenters. The van der Waals surface area contributed by atoms with Gasteiger partial charge in [-0.1, -0.05) is 6.58 Å². The van der Waals surface area contributed by atoms with E-state index in [2.05, 4.69) is 35.0 Å². The minimum Gasteiger partial charge on any atom is -0.451 e. The molecule has 47 heavy (non-hydrogen) atoms. The molecular formula is C20H11F15O12. The van der Waals surface area contributed by atoms with Crippen LogP contribution in [0.3, 0.4) is 0 Å². The molecule has 27 heteroatoms. The number of halogens is 15. The summed E-state index contributed by atoms with van der Waals surface area (Å²) in [5.74, 6) is -20.9. The molecule has 12 nitrogen and oxygen atoms in total. The van der Waals surface area contributed by atoms with Crippen molar-refractivity contribution in [2.24, 2.45) is 0 Å². The van der Waals surface area contributed by atoms with Gasteiger partial charge in [0.15, 0.2) is 36.6 Å². The molecule has 1 aliphatic carbocycles.